The molecule has 3 aromatic heterocycles. The molecule has 7 nitrogen and oxygen atoms in total. The minimum atomic E-state index is -0.613. The molecule has 9 heteroatoms. The number of halogens is 1. The molecule has 158 valence electrons. The second-order valence-electron chi connectivity index (χ2n) is 7.13. The first-order chi connectivity index (χ1) is 15.5. The van der Waals surface area contributed by atoms with Crippen molar-refractivity contribution in [3.63, 3.8) is 0 Å². The number of thiazole rings is 1. The molecule has 0 saturated carbocycles. The molecule has 2 aromatic carbocycles. The van der Waals surface area contributed by atoms with Crippen molar-refractivity contribution in [1.82, 2.24) is 19.7 Å². The van der Waals surface area contributed by atoms with Crippen LogP contribution in [0.4, 0.5) is 5.13 Å². The van der Waals surface area contributed by atoms with Crippen molar-refractivity contribution in [2.45, 2.75) is 6.92 Å². The predicted molar refractivity (Wildman–Crippen MR) is 127 cm³/mol. The number of carbonyl (C=O) groups is 1. The molecule has 2 N–H and O–H groups in total. The van der Waals surface area contributed by atoms with Crippen molar-refractivity contribution < 1.29 is 4.79 Å². The normalized spacial score (nSPS) is 11.1. The van der Waals surface area contributed by atoms with Gasteiger partial charge in [-0.25, -0.2) is 9.67 Å². The van der Waals surface area contributed by atoms with E-state index in [1.807, 2.05) is 35.8 Å². The lowest BCUT2D eigenvalue weighted by Crippen LogP contribution is -2.26. The van der Waals surface area contributed by atoms with Gasteiger partial charge in [0.2, 0.25) is 5.43 Å². The summed E-state index contributed by atoms with van der Waals surface area (Å²) in [6.45, 7) is 1.75. The van der Waals surface area contributed by atoms with E-state index in [9.17, 15) is 9.59 Å². The molecule has 5 rings (SSSR count). The lowest BCUT2D eigenvalue weighted by molar-refractivity contribution is 0.101. The second kappa shape index (κ2) is 8.07. The number of nitrogens with one attached hydrogen (secondary N) is 2. The molecule has 0 unspecified atom stereocenters. The number of amides is 1. The van der Waals surface area contributed by atoms with Crippen LogP contribution in [0, 0.1) is 6.92 Å². The van der Waals surface area contributed by atoms with E-state index < -0.39 is 11.3 Å². The number of aromatic nitrogens is 4. The molecule has 0 aliphatic rings. The Morgan fingerprint density at radius 2 is 1.94 bits per heavy atom. The summed E-state index contributed by atoms with van der Waals surface area (Å²) in [4.78, 5) is 33.0. The first-order valence-electron chi connectivity index (χ1n) is 9.70. The Labute approximate surface area is 191 Å². The van der Waals surface area contributed by atoms with E-state index in [1.54, 1.807) is 31.2 Å². The van der Waals surface area contributed by atoms with Crippen LogP contribution in [0.3, 0.4) is 0 Å². The van der Waals surface area contributed by atoms with Gasteiger partial charge < -0.3 is 4.98 Å². The number of benzene rings is 2. The van der Waals surface area contributed by atoms with Crippen LogP contribution in [0.25, 0.3) is 27.8 Å². The molecular weight excluding hydrogens is 446 g/mol. The third-order valence-electron chi connectivity index (χ3n) is 4.98. The maximum absolute atomic E-state index is 12.8. The Bertz CT molecular complexity index is 1520. The first kappa shape index (κ1) is 20.2. The smallest absolute Gasteiger partial charge is 0.281 e. The van der Waals surface area contributed by atoms with E-state index in [0.29, 0.717) is 21.5 Å². The minimum Gasteiger partial charge on any atom is -0.360 e. The summed E-state index contributed by atoms with van der Waals surface area (Å²) < 4.78 is 1.53. The molecule has 0 atom stereocenters. The van der Waals surface area contributed by atoms with Gasteiger partial charge in [-0.3, -0.25) is 14.9 Å². The largest absolute Gasteiger partial charge is 0.360 e. The van der Waals surface area contributed by atoms with Crippen LogP contribution in [0.1, 0.15) is 16.2 Å². The SMILES string of the molecule is Cc1cc(=O)c(C(=O)Nc2nc(-c3c[nH]c4ccccc34)cs2)nn1-c1ccc(Cl)cc1. The van der Waals surface area contributed by atoms with Crippen LogP contribution in [-0.4, -0.2) is 25.7 Å². The Morgan fingerprint density at radius 3 is 2.75 bits per heavy atom. The van der Waals surface area contributed by atoms with E-state index in [1.165, 1.54) is 22.1 Å². The van der Waals surface area contributed by atoms with Gasteiger partial charge in [0.25, 0.3) is 5.91 Å². The number of aryl methyl sites for hydroxylation is 1. The summed E-state index contributed by atoms with van der Waals surface area (Å²) >= 11 is 7.24. The zero-order valence-electron chi connectivity index (χ0n) is 16.8. The summed E-state index contributed by atoms with van der Waals surface area (Å²) in [5.74, 6) is -0.613. The zero-order chi connectivity index (χ0) is 22.2. The number of aromatic amines is 1. The van der Waals surface area contributed by atoms with Crippen molar-refractivity contribution in [3.05, 3.63) is 92.8 Å². The van der Waals surface area contributed by atoms with E-state index in [-0.39, 0.29) is 5.69 Å². The van der Waals surface area contributed by atoms with Crippen LogP contribution in [0.15, 0.2) is 71.0 Å². The van der Waals surface area contributed by atoms with Gasteiger partial charge in [-0.05, 0) is 37.3 Å². The average molecular weight is 462 g/mol. The fourth-order valence-corrected chi connectivity index (χ4v) is 4.27. The second-order valence-corrected chi connectivity index (χ2v) is 8.42. The van der Waals surface area contributed by atoms with Crippen molar-refractivity contribution in [2.75, 3.05) is 5.32 Å². The fourth-order valence-electron chi connectivity index (χ4n) is 3.44. The molecule has 32 heavy (non-hydrogen) atoms. The number of para-hydroxylation sites is 1. The number of hydrogen-bond donors (Lipinski definition) is 2. The monoisotopic (exact) mass is 461 g/mol. The van der Waals surface area contributed by atoms with Crippen molar-refractivity contribution in [3.8, 4) is 16.9 Å². The number of H-pyrrole nitrogens is 1. The number of fused-ring (bicyclic) bond motifs is 1. The number of rotatable bonds is 4. The van der Waals surface area contributed by atoms with Crippen LogP contribution in [-0.2, 0) is 0 Å². The molecular formula is C23H16ClN5O2S. The molecule has 0 saturated heterocycles. The highest BCUT2D eigenvalue weighted by Crippen LogP contribution is 2.31. The standard InChI is InChI=1S/C23H16ClN5O2S/c1-13-10-20(30)21(28-29(13)15-8-6-14(24)7-9-15)22(31)27-23-26-19(12-32-23)17-11-25-18-5-3-2-4-16(17)18/h2-12,25H,1H3,(H,26,27,31). The van der Waals surface area contributed by atoms with Gasteiger partial charge in [-0.1, -0.05) is 29.8 Å². The summed E-state index contributed by atoms with van der Waals surface area (Å²) in [6, 6.07) is 16.3. The molecule has 1 amide bonds. The number of carbonyl (C=O) groups excluding carboxylic acids is 1. The van der Waals surface area contributed by atoms with Gasteiger partial charge in [-0.2, -0.15) is 5.10 Å². The number of anilines is 1. The summed E-state index contributed by atoms with van der Waals surface area (Å²) in [5.41, 5.74) is 3.30. The molecule has 0 aliphatic heterocycles. The first-order valence-corrected chi connectivity index (χ1v) is 11.0. The minimum absolute atomic E-state index is 0.214. The quantitative estimate of drug-likeness (QED) is 0.391. The highest BCUT2D eigenvalue weighted by atomic mass is 35.5. The van der Waals surface area contributed by atoms with E-state index in [4.69, 9.17) is 11.6 Å². The van der Waals surface area contributed by atoms with Crippen LogP contribution >= 0.6 is 22.9 Å². The maximum Gasteiger partial charge on any atom is 0.281 e. The van der Waals surface area contributed by atoms with E-state index in [2.05, 4.69) is 20.4 Å². The van der Waals surface area contributed by atoms with Crippen LogP contribution in [0.2, 0.25) is 5.02 Å². The molecule has 3 heterocycles. The van der Waals surface area contributed by atoms with Gasteiger partial charge in [-0.15, -0.1) is 11.3 Å². The third kappa shape index (κ3) is 3.70. The van der Waals surface area contributed by atoms with E-state index in [0.717, 1.165) is 22.2 Å². The Balaban J connectivity index is 1.44. The molecule has 0 spiro atoms. The van der Waals surface area contributed by atoms with Crippen LogP contribution < -0.4 is 10.7 Å². The Kier molecular flexibility index (Phi) is 5.08. The van der Waals surface area contributed by atoms with Crippen molar-refractivity contribution >= 4 is 44.9 Å². The Hall–Kier alpha value is -3.75. The Morgan fingerprint density at radius 1 is 1.16 bits per heavy atom. The zero-order valence-corrected chi connectivity index (χ0v) is 18.4. The van der Waals surface area contributed by atoms with Crippen LogP contribution in [0.5, 0.6) is 0 Å². The average Bonchev–Trinajstić information content (AvgIpc) is 3.41. The highest BCUT2D eigenvalue weighted by molar-refractivity contribution is 7.14. The summed E-state index contributed by atoms with van der Waals surface area (Å²) in [6.07, 6.45) is 1.89. The van der Waals surface area contributed by atoms with Crippen molar-refractivity contribution in [1.29, 1.82) is 0 Å². The molecule has 0 bridgehead atoms. The third-order valence-corrected chi connectivity index (χ3v) is 5.99. The molecule has 5 aromatic rings. The van der Waals surface area contributed by atoms with Gasteiger partial charge in [0.15, 0.2) is 10.8 Å². The molecule has 0 fully saturated rings. The predicted octanol–water partition coefficient (Wildman–Crippen LogP) is 5.05. The fraction of sp³-hybridized carbons (Fsp3) is 0.0435. The summed E-state index contributed by atoms with van der Waals surface area (Å²) in [7, 11) is 0. The number of hydrogen-bond acceptors (Lipinski definition) is 5. The number of nitrogens with zero attached hydrogens (tertiary/aromatic N) is 3. The molecule has 0 radical (unpaired) electrons. The molecule has 0 aliphatic carbocycles. The van der Waals surface area contributed by atoms with Gasteiger partial charge in [0.1, 0.15) is 0 Å². The van der Waals surface area contributed by atoms with E-state index >= 15 is 0 Å². The van der Waals surface area contributed by atoms with Gasteiger partial charge in [0.05, 0.1) is 11.4 Å². The lowest BCUT2D eigenvalue weighted by Gasteiger charge is -2.11. The summed E-state index contributed by atoms with van der Waals surface area (Å²) in [5, 5.41) is 10.9. The highest BCUT2D eigenvalue weighted by Gasteiger charge is 2.18. The maximum atomic E-state index is 12.8. The lowest BCUT2D eigenvalue weighted by atomic mass is 10.1. The van der Waals surface area contributed by atoms with Gasteiger partial charge in [0, 0.05) is 44.8 Å². The van der Waals surface area contributed by atoms with Crippen molar-refractivity contribution in [2.24, 2.45) is 0 Å². The van der Waals surface area contributed by atoms with Gasteiger partial charge >= 0.3 is 0 Å². The topological polar surface area (TPSA) is 92.7 Å².